The maximum atomic E-state index is 12.3. The van der Waals surface area contributed by atoms with Crippen LogP contribution >= 0.6 is 11.6 Å². The highest BCUT2D eigenvalue weighted by molar-refractivity contribution is 6.33. The van der Waals surface area contributed by atoms with Crippen LogP contribution in [-0.2, 0) is 0 Å². The molecule has 0 radical (unpaired) electrons. The number of anilines is 2. The number of carbonyl (C=O) groups is 1. The molecule has 0 saturated carbocycles. The van der Waals surface area contributed by atoms with E-state index in [4.69, 9.17) is 11.6 Å². The number of carbonyl (C=O) groups excluding carboxylic acids is 1. The van der Waals surface area contributed by atoms with Gasteiger partial charge in [-0.05, 0) is 18.6 Å². The first kappa shape index (κ1) is 16.2. The lowest BCUT2D eigenvalue weighted by Gasteiger charge is -2.16. The Bertz CT molecular complexity index is 648. The number of para-hydroxylation sites is 1. The molecule has 0 aliphatic rings. The molecule has 5 nitrogen and oxygen atoms in total. The van der Waals surface area contributed by atoms with Crippen LogP contribution in [0.4, 0.5) is 11.5 Å². The molecular formula is C16H19ClN4O. The number of unbranched alkanes of at least 4 members (excludes halogenated alkanes) is 1. The summed E-state index contributed by atoms with van der Waals surface area (Å²) in [4.78, 5) is 22.2. The van der Waals surface area contributed by atoms with Crippen LogP contribution in [0.25, 0.3) is 0 Å². The number of rotatable bonds is 6. The summed E-state index contributed by atoms with van der Waals surface area (Å²) in [6.45, 7) is 2.81. The monoisotopic (exact) mass is 318 g/mol. The van der Waals surface area contributed by atoms with E-state index in [0.29, 0.717) is 23.1 Å². The Hall–Kier alpha value is -2.14. The molecule has 2 aromatic rings. The zero-order valence-electron chi connectivity index (χ0n) is 12.7. The minimum absolute atomic E-state index is 0.113. The Balaban J connectivity index is 2.13. The van der Waals surface area contributed by atoms with Gasteiger partial charge in [0.25, 0.3) is 5.91 Å². The summed E-state index contributed by atoms with van der Waals surface area (Å²) in [5.74, 6) is 0.424. The van der Waals surface area contributed by atoms with Crippen LogP contribution in [-0.4, -0.2) is 34.4 Å². The van der Waals surface area contributed by atoms with Gasteiger partial charge in [0.15, 0.2) is 0 Å². The number of hydrogen-bond acceptors (Lipinski definition) is 4. The molecule has 1 aromatic heterocycles. The molecule has 1 amide bonds. The van der Waals surface area contributed by atoms with E-state index >= 15 is 0 Å². The predicted molar refractivity (Wildman–Crippen MR) is 88.6 cm³/mol. The van der Waals surface area contributed by atoms with Gasteiger partial charge >= 0.3 is 0 Å². The van der Waals surface area contributed by atoms with E-state index in [0.717, 1.165) is 18.5 Å². The number of hydrogen-bond donors (Lipinski definition) is 1. The topological polar surface area (TPSA) is 58.1 Å². The Morgan fingerprint density at radius 1 is 1.32 bits per heavy atom. The largest absolute Gasteiger partial charge is 0.340 e. The van der Waals surface area contributed by atoms with Crippen molar-refractivity contribution < 1.29 is 4.79 Å². The van der Waals surface area contributed by atoms with Crippen molar-refractivity contribution in [1.82, 2.24) is 14.9 Å². The van der Waals surface area contributed by atoms with Gasteiger partial charge in [0.1, 0.15) is 17.8 Å². The zero-order valence-corrected chi connectivity index (χ0v) is 13.5. The minimum atomic E-state index is -0.113. The SMILES string of the molecule is CCCCN(C)C(=O)c1cc(Nc2ccccc2Cl)ncn1. The molecule has 0 unspecified atom stereocenters. The van der Waals surface area contributed by atoms with Gasteiger partial charge in [-0.2, -0.15) is 0 Å². The average molecular weight is 319 g/mol. The Kier molecular flexibility index (Phi) is 5.72. The molecule has 1 aromatic carbocycles. The molecule has 2 rings (SSSR count). The van der Waals surface area contributed by atoms with Crippen molar-refractivity contribution in [3.05, 3.63) is 47.4 Å². The number of aromatic nitrogens is 2. The second-order valence-corrected chi connectivity index (χ2v) is 5.38. The van der Waals surface area contributed by atoms with E-state index in [1.165, 1.54) is 6.33 Å². The molecule has 6 heteroatoms. The number of amides is 1. The molecule has 0 spiro atoms. The summed E-state index contributed by atoms with van der Waals surface area (Å²) in [7, 11) is 1.78. The molecule has 22 heavy (non-hydrogen) atoms. The smallest absolute Gasteiger partial charge is 0.272 e. The lowest BCUT2D eigenvalue weighted by molar-refractivity contribution is 0.0787. The zero-order chi connectivity index (χ0) is 15.9. The first-order chi connectivity index (χ1) is 10.6. The van der Waals surface area contributed by atoms with Crippen molar-refractivity contribution in [2.75, 3.05) is 18.9 Å². The summed E-state index contributed by atoms with van der Waals surface area (Å²) in [5.41, 5.74) is 1.10. The third-order valence-electron chi connectivity index (χ3n) is 3.22. The first-order valence-corrected chi connectivity index (χ1v) is 7.58. The molecule has 1 heterocycles. The minimum Gasteiger partial charge on any atom is -0.340 e. The number of halogens is 1. The van der Waals surface area contributed by atoms with Crippen LogP contribution in [0.2, 0.25) is 5.02 Å². The van der Waals surface area contributed by atoms with Gasteiger partial charge in [0.05, 0.1) is 10.7 Å². The van der Waals surface area contributed by atoms with Crippen LogP contribution in [0.3, 0.4) is 0 Å². The second-order valence-electron chi connectivity index (χ2n) is 4.97. The Morgan fingerprint density at radius 2 is 2.09 bits per heavy atom. The lowest BCUT2D eigenvalue weighted by atomic mass is 10.3. The normalized spacial score (nSPS) is 10.3. The van der Waals surface area contributed by atoms with Crippen LogP contribution in [0, 0.1) is 0 Å². The standard InChI is InChI=1S/C16H19ClN4O/c1-3-4-9-21(2)16(22)14-10-15(19-11-18-14)20-13-8-6-5-7-12(13)17/h5-8,10-11H,3-4,9H2,1-2H3,(H,18,19,20). The summed E-state index contributed by atoms with van der Waals surface area (Å²) in [6.07, 6.45) is 3.39. The van der Waals surface area contributed by atoms with Gasteiger partial charge < -0.3 is 10.2 Å². The fraction of sp³-hybridized carbons (Fsp3) is 0.312. The van der Waals surface area contributed by atoms with E-state index in [1.54, 1.807) is 24.1 Å². The van der Waals surface area contributed by atoms with Crippen molar-refractivity contribution in [1.29, 1.82) is 0 Å². The molecule has 0 fully saturated rings. The molecule has 0 saturated heterocycles. The molecule has 0 aliphatic heterocycles. The van der Waals surface area contributed by atoms with Crippen molar-refractivity contribution in [2.24, 2.45) is 0 Å². The van der Waals surface area contributed by atoms with Crippen LogP contribution in [0.5, 0.6) is 0 Å². The predicted octanol–water partition coefficient (Wildman–Crippen LogP) is 3.75. The summed E-state index contributed by atoms with van der Waals surface area (Å²) in [5, 5.41) is 3.69. The number of nitrogens with zero attached hydrogens (tertiary/aromatic N) is 3. The third-order valence-corrected chi connectivity index (χ3v) is 3.55. The summed E-state index contributed by atoms with van der Waals surface area (Å²) < 4.78 is 0. The molecule has 1 N–H and O–H groups in total. The van der Waals surface area contributed by atoms with Crippen molar-refractivity contribution in [3.63, 3.8) is 0 Å². The number of benzene rings is 1. The van der Waals surface area contributed by atoms with E-state index in [1.807, 2.05) is 18.2 Å². The van der Waals surface area contributed by atoms with E-state index in [-0.39, 0.29) is 5.91 Å². The van der Waals surface area contributed by atoms with Crippen LogP contribution in [0.1, 0.15) is 30.3 Å². The van der Waals surface area contributed by atoms with Gasteiger partial charge in [-0.1, -0.05) is 37.1 Å². The van der Waals surface area contributed by atoms with Crippen LogP contribution < -0.4 is 5.32 Å². The van der Waals surface area contributed by atoms with Gasteiger partial charge in [-0.3, -0.25) is 4.79 Å². The maximum absolute atomic E-state index is 12.3. The van der Waals surface area contributed by atoms with Crippen molar-refractivity contribution in [3.8, 4) is 0 Å². The quantitative estimate of drug-likeness (QED) is 0.881. The fourth-order valence-corrected chi connectivity index (χ4v) is 2.12. The van der Waals surface area contributed by atoms with Gasteiger partial charge in [-0.15, -0.1) is 0 Å². The fourth-order valence-electron chi connectivity index (χ4n) is 1.94. The molecule has 0 aliphatic carbocycles. The van der Waals surface area contributed by atoms with Gasteiger partial charge in [0, 0.05) is 19.7 Å². The maximum Gasteiger partial charge on any atom is 0.272 e. The second kappa shape index (κ2) is 7.75. The van der Waals surface area contributed by atoms with E-state index < -0.39 is 0 Å². The van der Waals surface area contributed by atoms with Crippen LogP contribution in [0.15, 0.2) is 36.7 Å². The first-order valence-electron chi connectivity index (χ1n) is 7.21. The Labute approximate surface area is 135 Å². The van der Waals surface area contributed by atoms with Crippen molar-refractivity contribution >= 4 is 29.0 Å². The van der Waals surface area contributed by atoms with Gasteiger partial charge in [0.2, 0.25) is 0 Å². The van der Waals surface area contributed by atoms with E-state index in [2.05, 4.69) is 22.2 Å². The summed E-state index contributed by atoms with van der Waals surface area (Å²) in [6, 6.07) is 8.99. The number of nitrogens with one attached hydrogen (secondary N) is 1. The summed E-state index contributed by atoms with van der Waals surface area (Å²) >= 11 is 6.10. The Morgan fingerprint density at radius 3 is 2.82 bits per heavy atom. The van der Waals surface area contributed by atoms with Crippen molar-refractivity contribution in [2.45, 2.75) is 19.8 Å². The molecule has 0 atom stereocenters. The average Bonchev–Trinajstić information content (AvgIpc) is 2.54. The molecular weight excluding hydrogens is 300 g/mol. The highest BCUT2D eigenvalue weighted by Gasteiger charge is 2.13. The third kappa shape index (κ3) is 4.18. The lowest BCUT2D eigenvalue weighted by Crippen LogP contribution is -2.28. The highest BCUT2D eigenvalue weighted by atomic mass is 35.5. The molecule has 116 valence electrons. The van der Waals surface area contributed by atoms with E-state index in [9.17, 15) is 4.79 Å². The van der Waals surface area contributed by atoms with Gasteiger partial charge in [-0.25, -0.2) is 9.97 Å². The molecule has 0 bridgehead atoms. The highest BCUT2D eigenvalue weighted by Crippen LogP contribution is 2.23.